The Labute approximate surface area is 111 Å². The van der Waals surface area contributed by atoms with Crippen LogP contribution < -0.4 is 5.32 Å². The summed E-state index contributed by atoms with van der Waals surface area (Å²) in [6.45, 7) is 9.53. The molecule has 0 amide bonds. The lowest BCUT2D eigenvalue weighted by atomic mass is 9.83. The van der Waals surface area contributed by atoms with Gasteiger partial charge in [0.25, 0.3) is 0 Å². The van der Waals surface area contributed by atoms with Crippen LogP contribution >= 0.6 is 0 Å². The summed E-state index contributed by atoms with van der Waals surface area (Å²) in [4.78, 5) is 0. The molecular weight excluding hydrogens is 222 g/mol. The fourth-order valence-corrected chi connectivity index (χ4v) is 2.64. The van der Waals surface area contributed by atoms with E-state index in [9.17, 15) is 0 Å². The number of rotatable bonds is 3. The van der Waals surface area contributed by atoms with E-state index < -0.39 is 0 Å². The topological polar surface area (TPSA) is 21.3 Å². The first-order chi connectivity index (χ1) is 8.69. The zero-order chi connectivity index (χ0) is 13.0. The molecule has 0 radical (unpaired) electrons. The van der Waals surface area contributed by atoms with Crippen LogP contribution in [-0.4, -0.2) is 19.7 Å². The summed E-state index contributed by atoms with van der Waals surface area (Å²) in [7, 11) is 0. The zero-order valence-corrected chi connectivity index (χ0v) is 11.8. The molecule has 1 aromatic carbocycles. The van der Waals surface area contributed by atoms with Gasteiger partial charge < -0.3 is 10.1 Å². The number of hydrogen-bond donors (Lipinski definition) is 1. The summed E-state index contributed by atoms with van der Waals surface area (Å²) in [6, 6.07) is 8.66. The van der Waals surface area contributed by atoms with Crippen molar-refractivity contribution in [3.63, 3.8) is 0 Å². The van der Waals surface area contributed by atoms with Crippen LogP contribution in [0.15, 0.2) is 24.3 Å². The molecule has 0 spiro atoms. The highest BCUT2D eigenvalue weighted by Crippen LogP contribution is 2.31. The van der Waals surface area contributed by atoms with Gasteiger partial charge in [-0.2, -0.15) is 0 Å². The van der Waals surface area contributed by atoms with Crippen molar-refractivity contribution >= 4 is 0 Å². The van der Waals surface area contributed by atoms with Crippen LogP contribution in [0.2, 0.25) is 0 Å². The number of aryl methyl sites for hydroxylation is 1. The highest BCUT2D eigenvalue weighted by Gasteiger charge is 2.30. The summed E-state index contributed by atoms with van der Waals surface area (Å²) >= 11 is 0. The molecule has 1 aliphatic heterocycles. The molecule has 1 unspecified atom stereocenters. The van der Waals surface area contributed by atoms with Gasteiger partial charge in [-0.25, -0.2) is 0 Å². The molecule has 1 atom stereocenters. The lowest BCUT2D eigenvalue weighted by Gasteiger charge is -2.29. The van der Waals surface area contributed by atoms with Gasteiger partial charge in [0.2, 0.25) is 0 Å². The average Bonchev–Trinajstić information content (AvgIpc) is 2.62. The predicted molar refractivity (Wildman–Crippen MR) is 75.8 cm³/mol. The third-order valence-corrected chi connectivity index (χ3v) is 4.33. The van der Waals surface area contributed by atoms with Crippen LogP contribution in [0.25, 0.3) is 0 Å². The quantitative estimate of drug-likeness (QED) is 0.883. The molecule has 1 saturated heterocycles. The first-order valence-electron chi connectivity index (χ1n) is 7.08. The van der Waals surface area contributed by atoms with Crippen molar-refractivity contribution in [2.24, 2.45) is 5.41 Å². The van der Waals surface area contributed by atoms with Crippen molar-refractivity contribution in [3.05, 3.63) is 35.4 Å². The summed E-state index contributed by atoms with van der Waals surface area (Å²) < 4.78 is 6.18. The van der Waals surface area contributed by atoms with Gasteiger partial charge >= 0.3 is 0 Å². The predicted octanol–water partition coefficient (Wildman–Crippen LogP) is 3.46. The number of benzene rings is 1. The van der Waals surface area contributed by atoms with Crippen LogP contribution in [0.4, 0.5) is 0 Å². The number of nitrogens with one attached hydrogen (secondary N) is 1. The molecule has 1 fully saturated rings. The van der Waals surface area contributed by atoms with E-state index in [1.54, 1.807) is 0 Å². The van der Waals surface area contributed by atoms with Gasteiger partial charge in [0.15, 0.2) is 0 Å². The van der Waals surface area contributed by atoms with E-state index in [2.05, 4.69) is 50.4 Å². The first-order valence-corrected chi connectivity index (χ1v) is 7.08. The SMILES string of the molecule is CCC1(CC)CNCC(c2cccc(C)c2)OC1. The highest BCUT2D eigenvalue weighted by atomic mass is 16.5. The van der Waals surface area contributed by atoms with Crippen LogP contribution in [0.1, 0.15) is 43.9 Å². The minimum atomic E-state index is 0.199. The molecule has 0 aliphatic carbocycles. The van der Waals surface area contributed by atoms with E-state index in [4.69, 9.17) is 4.74 Å². The number of ether oxygens (including phenoxy) is 1. The van der Waals surface area contributed by atoms with Crippen LogP contribution in [0.3, 0.4) is 0 Å². The highest BCUT2D eigenvalue weighted by molar-refractivity contribution is 5.24. The normalized spacial score (nSPS) is 23.6. The number of hydrogen-bond acceptors (Lipinski definition) is 2. The molecule has 0 aromatic heterocycles. The third kappa shape index (κ3) is 2.93. The van der Waals surface area contributed by atoms with Crippen molar-refractivity contribution < 1.29 is 4.74 Å². The molecule has 1 aromatic rings. The maximum absolute atomic E-state index is 6.18. The molecule has 2 heteroatoms. The average molecular weight is 247 g/mol. The zero-order valence-electron chi connectivity index (χ0n) is 11.8. The Balaban J connectivity index is 2.09. The lowest BCUT2D eigenvalue weighted by molar-refractivity contribution is 0.0103. The van der Waals surface area contributed by atoms with E-state index in [1.165, 1.54) is 24.0 Å². The van der Waals surface area contributed by atoms with Gasteiger partial charge in [0.1, 0.15) is 0 Å². The smallest absolute Gasteiger partial charge is 0.0949 e. The van der Waals surface area contributed by atoms with E-state index in [0.29, 0.717) is 5.41 Å². The van der Waals surface area contributed by atoms with Gasteiger partial charge in [0.05, 0.1) is 12.7 Å². The summed E-state index contributed by atoms with van der Waals surface area (Å²) in [5.74, 6) is 0. The van der Waals surface area contributed by atoms with Gasteiger partial charge in [-0.05, 0) is 25.3 Å². The van der Waals surface area contributed by atoms with Crippen molar-refractivity contribution in [1.29, 1.82) is 0 Å². The van der Waals surface area contributed by atoms with Crippen molar-refractivity contribution in [1.82, 2.24) is 5.32 Å². The Hall–Kier alpha value is -0.860. The molecule has 1 aliphatic rings. The third-order valence-electron chi connectivity index (χ3n) is 4.33. The molecule has 0 saturated carbocycles. The minimum absolute atomic E-state index is 0.199. The Kier molecular flexibility index (Phi) is 4.41. The molecule has 100 valence electrons. The summed E-state index contributed by atoms with van der Waals surface area (Å²) in [5.41, 5.74) is 2.92. The summed E-state index contributed by atoms with van der Waals surface area (Å²) in [6.07, 6.45) is 2.55. The Morgan fingerprint density at radius 1 is 1.33 bits per heavy atom. The molecule has 2 nitrogen and oxygen atoms in total. The van der Waals surface area contributed by atoms with E-state index >= 15 is 0 Å². The molecule has 1 heterocycles. The first kappa shape index (κ1) is 13.6. The van der Waals surface area contributed by atoms with E-state index in [0.717, 1.165) is 19.7 Å². The van der Waals surface area contributed by atoms with E-state index in [1.807, 2.05) is 0 Å². The Morgan fingerprint density at radius 2 is 2.11 bits per heavy atom. The Bertz CT molecular complexity index is 384. The fraction of sp³-hybridized carbons (Fsp3) is 0.625. The molecule has 0 bridgehead atoms. The van der Waals surface area contributed by atoms with E-state index in [-0.39, 0.29) is 6.10 Å². The van der Waals surface area contributed by atoms with Crippen molar-refractivity contribution in [2.75, 3.05) is 19.7 Å². The van der Waals surface area contributed by atoms with Gasteiger partial charge in [-0.1, -0.05) is 43.7 Å². The maximum atomic E-state index is 6.18. The largest absolute Gasteiger partial charge is 0.372 e. The minimum Gasteiger partial charge on any atom is -0.372 e. The lowest BCUT2D eigenvalue weighted by Crippen LogP contribution is -2.34. The van der Waals surface area contributed by atoms with Crippen LogP contribution in [-0.2, 0) is 4.74 Å². The molecule has 2 rings (SSSR count). The molecule has 18 heavy (non-hydrogen) atoms. The second-order valence-corrected chi connectivity index (χ2v) is 5.55. The van der Waals surface area contributed by atoms with Gasteiger partial charge in [-0.15, -0.1) is 0 Å². The van der Waals surface area contributed by atoms with Gasteiger partial charge in [-0.3, -0.25) is 0 Å². The second-order valence-electron chi connectivity index (χ2n) is 5.55. The summed E-state index contributed by atoms with van der Waals surface area (Å²) in [5, 5.41) is 3.58. The fourth-order valence-electron chi connectivity index (χ4n) is 2.64. The second kappa shape index (κ2) is 5.85. The van der Waals surface area contributed by atoms with Gasteiger partial charge in [0, 0.05) is 18.5 Å². The maximum Gasteiger partial charge on any atom is 0.0949 e. The van der Waals surface area contributed by atoms with Crippen molar-refractivity contribution in [2.45, 2.75) is 39.7 Å². The Morgan fingerprint density at radius 3 is 2.78 bits per heavy atom. The molecular formula is C16H25NO. The van der Waals surface area contributed by atoms with Crippen molar-refractivity contribution in [3.8, 4) is 0 Å². The van der Waals surface area contributed by atoms with Crippen LogP contribution in [0.5, 0.6) is 0 Å². The monoisotopic (exact) mass is 247 g/mol. The molecule has 1 N–H and O–H groups in total. The van der Waals surface area contributed by atoms with Crippen LogP contribution in [0, 0.1) is 12.3 Å². The standard InChI is InChI=1S/C16H25NO/c1-4-16(5-2)11-17-10-15(18-12-16)14-8-6-7-13(3)9-14/h6-9,15,17H,4-5,10-12H2,1-3H3.